The third-order valence-corrected chi connectivity index (χ3v) is 1.48. The average Bonchev–Trinajstić information content (AvgIpc) is 1.97. The number of nitrogens with one attached hydrogen (secondary N) is 1. The summed E-state index contributed by atoms with van der Waals surface area (Å²) in [6.45, 7) is 2.54. The quantitative estimate of drug-likeness (QED) is 0.309. The Bertz CT molecular complexity index is 139. The van der Waals surface area contributed by atoms with Crippen LogP contribution in [0.1, 0.15) is 19.8 Å². The molecule has 2 atom stereocenters. The third kappa shape index (κ3) is 6.09. The van der Waals surface area contributed by atoms with E-state index >= 15 is 0 Å². The Balaban J connectivity index is 3.25. The van der Waals surface area contributed by atoms with Gasteiger partial charge >= 0.3 is 5.97 Å². The molecule has 5 heteroatoms. The summed E-state index contributed by atoms with van der Waals surface area (Å²) < 4.78 is 0. The maximum absolute atomic E-state index is 10.3. The van der Waals surface area contributed by atoms with Gasteiger partial charge in [-0.2, -0.15) is 0 Å². The molecule has 0 aromatic rings. The number of aliphatic carboxylic acids is 1. The molecule has 0 aromatic carbocycles. The Hall–Kier alpha value is -0.650. The van der Waals surface area contributed by atoms with Crippen molar-refractivity contribution in [1.29, 1.82) is 0 Å². The number of carboxylic acid groups (broad SMARTS) is 1. The largest absolute Gasteiger partial charge is 0.480 e. The minimum Gasteiger partial charge on any atom is -0.480 e. The first kappa shape index (κ1) is 11.4. The van der Waals surface area contributed by atoms with Crippen LogP contribution in [-0.4, -0.2) is 29.8 Å². The minimum absolute atomic E-state index is 0.0500. The van der Waals surface area contributed by atoms with E-state index in [4.69, 9.17) is 16.6 Å². The van der Waals surface area contributed by atoms with Gasteiger partial charge in [0.2, 0.25) is 0 Å². The van der Waals surface area contributed by atoms with Gasteiger partial charge in [-0.05, 0) is 26.3 Å². The van der Waals surface area contributed by atoms with Gasteiger partial charge < -0.3 is 21.9 Å². The maximum Gasteiger partial charge on any atom is 0.320 e. The molecule has 72 valence electrons. The lowest BCUT2D eigenvalue weighted by Crippen LogP contribution is -2.36. The van der Waals surface area contributed by atoms with E-state index in [0.717, 1.165) is 6.42 Å². The van der Waals surface area contributed by atoms with Gasteiger partial charge in [-0.1, -0.05) is 0 Å². The number of rotatable bonds is 6. The molecule has 0 saturated heterocycles. The number of hydrogen-bond donors (Lipinski definition) is 4. The lowest BCUT2D eigenvalue weighted by atomic mass is 10.2. The second kappa shape index (κ2) is 5.93. The summed E-state index contributed by atoms with van der Waals surface area (Å²) in [5, 5.41) is 11.4. The summed E-state index contributed by atoms with van der Waals surface area (Å²) in [6, 6.07) is -0.750. The first-order valence-corrected chi connectivity index (χ1v) is 4.01. The average molecular weight is 175 g/mol. The van der Waals surface area contributed by atoms with Crippen LogP contribution < -0.4 is 16.8 Å². The molecule has 12 heavy (non-hydrogen) atoms. The first-order valence-electron chi connectivity index (χ1n) is 4.01. The number of nitrogens with two attached hydrogens (primary N) is 2. The molecule has 0 aliphatic heterocycles. The second-order valence-corrected chi connectivity index (χ2v) is 2.83. The molecule has 0 aromatic heterocycles. The smallest absolute Gasteiger partial charge is 0.320 e. The van der Waals surface area contributed by atoms with Crippen LogP contribution in [0.3, 0.4) is 0 Å². The molecule has 6 N–H and O–H groups in total. The standard InChI is InChI=1S/C7H17N3O2/c1-5(8)10-4-2-3-6(9)7(11)12/h5-6,10H,2-4,8-9H2,1H3,(H,11,12)/t5-,6+/m0/s1. The predicted octanol–water partition coefficient (Wildman–Crippen LogP) is -0.927. The van der Waals surface area contributed by atoms with Crippen molar-refractivity contribution >= 4 is 5.97 Å². The molecule has 0 rings (SSSR count). The van der Waals surface area contributed by atoms with Gasteiger partial charge in [0.25, 0.3) is 0 Å². The third-order valence-electron chi connectivity index (χ3n) is 1.48. The van der Waals surface area contributed by atoms with E-state index in [-0.39, 0.29) is 6.17 Å². The van der Waals surface area contributed by atoms with Crippen LogP contribution in [0.5, 0.6) is 0 Å². The van der Waals surface area contributed by atoms with Crippen LogP contribution in [-0.2, 0) is 4.79 Å². The molecule has 0 aliphatic carbocycles. The van der Waals surface area contributed by atoms with E-state index in [0.29, 0.717) is 13.0 Å². The van der Waals surface area contributed by atoms with Crippen molar-refractivity contribution in [1.82, 2.24) is 5.32 Å². The molecule has 0 amide bonds. The van der Waals surface area contributed by atoms with E-state index in [1.807, 2.05) is 6.92 Å². The topological polar surface area (TPSA) is 101 Å². The van der Waals surface area contributed by atoms with E-state index in [1.54, 1.807) is 0 Å². The fourth-order valence-electron chi connectivity index (χ4n) is 0.775. The zero-order chi connectivity index (χ0) is 9.56. The molecular weight excluding hydrogens is 158 g/mol. The van der Waals surface area contributed by atoms with Crippen molar-refractivity contribution in [3.63, 3.8) is 0 Å². The molecule has 0 heterocycles. The van der Waals surface area contributed by atoms with Gasteiger partial charge in [0.1, 0.15) is 6.04 Å². The van der Waals surface area contributed by atoms with Crippen molar-refractivity contribution in [2.75, 3.05) is 6.54 Å². The van der Waals surface area contributed by atoms with Gasteiger partial charge in [0.15, 0.2) is 0 Å². The fraction of sp³-hybridized carbons (Fsp3) is 0.857. The molecule has 0 saturated carbocycles. The summed E-state index contributed by atoms with van der Waals surface area (Å²) in [6.07, 6.45) is 1.16. The predicted molar refractivity (Wildman–Crippen MR) is 46.5 cm³/mol. The van der Waals surface area contributed by atoms with E-state index in [9.17, 15) is 4.79 Å². The molecule has 0 spiro atoms. The summed E-state index contributed by atoms with van der Waals surface area (Å²) >= 11 is 0. The lowest BCUT2D eigenvalue weighted by molar-refractivity contribution is -0.138. The number of carboxylic acids is 1. The normalized spacial score (nSPS) is 15.6. The van der Waals surface area contributed by atoms with Crippen LogP contribution in [0.15, 0.2) is 0 Å². The molecule has 0 bridgehead atoms. The highest BCUT2D eigenvalue weighted by Gasteiger charge is 2.09. The van der Waals surface area contributed by atoms with Gasteiger partial charge in [0, 0.05) is 0 Å². The van der Waals surface area contributed by atoms with Gasteiger partial charge in [-0.3, -0.25) is 4.79 Å². The van der Waals surface area contributed by atoms with Gasteiger partial charge in [0.05, 0.1) is 6.17 Å². The summed E-state index contributed by atoms with van der Waals surface area (Å²) in [5.74, 6) is -0.948. The van der Waals surface area contributed by atoms with Crippen molar-refractivity contribution in [2.45, 2.75) is 32.0 Å². The SMILES string of the molecule is C[C@@H](N)NCCC[C@@H](N)C(=O)O. The van der Waals surface area contributed by atoms with Gasteiger partial charge in [-0.25, -0.2) is 0 Å². The molecule has 0 aliphatic rings. The Labute approximate surface area is 72.1 Å². The first-order chi connectivity index (χ1) is 5.54. The Morgan fingerprint density at radius 2 is 2.17 bits per heavy atom. The van der Waals surface area contributed by atoms with Crippen LogP contribution in [0.25, 0.3) is 0 Å². The highest BCUT2D eigenvalue weighted by atomic mass is 16.4. The molecular formula is C7H17N3O2. The zero-order valence-electron chi connectivity index (χ0n) is 7.29. The fourth-order valence-corrected chi connectivity index (χ4v) is 0.775. The monoisotopic (exact) mass is 175 g/mol. The number of hydrogen-bond acceptors (Lipinski definition) is 4. The van der Waals surface area contributed by atoms with Crippen LogP contribution >= 0.6 is 0 Å². The Morgan fingerprint density at radius 3 is 2.58 bits per heavy atom. The summed E-state index contributed by atoms with van der Waals surface area (Å²) in [5.41, 5.74) is 10.7. The lowest BCUT2D eigenvalue weighted by Gasteiger charge is -2.09. The van der Waals surface area contributed by atoms with E-state index in [1.165, 1.54) is 0 Å². The molecule has 5 nitrogen and oxygen atoms in total. The van der Waals surface area contributed by atoms with Crippen molar-refractivity contribution < 1.29 is 9.90 Å². The maximum atomic E-state index is 10.3. The minimum atomic E-state index is -0.948. The van der Waals surface area contributed by atoms with Gasteiger partial charge in [-0.15, -0.1) is 0 Å². The highest BCUT2D eigenvalue weighted by Crippen LogP contribution is 1.92. The Kier molecular flexibility index (Phi) is 5.61. The zero-order valence-corrected chi connectivity index (χ0v) is 7.29. The summed E-state index contributed by atoms with van der Waals surface area (Å²) in [4.78, 5) is 10.3. The van der Waals surface area contributed by atoms with Crippen LogP contribution in [0, 0.1) is 0 Å². The molecule has 0 unspecified atom stereocenters. The number of carbonyl (C=O) groups is 1. The van der Waals surface area contributed by atoms with Crippen LogP contribution in [0.4, 0.5) is 0 Å². The van der Waals surface area contributed by atoms with Crippen molar-refractivity contribution in [3.8, 4) is 0 Å². The van der Waals surface area contributed by atoms with E-state index in [2.05, 4.69) is 5.32 Å². The summed E-state index contributed by atoms with van der Waals surface area (Å²) in [7, 11) is 0. The molecule has 0 fully saturated rings. The second-order valence-electron chi connectivity index (χ2n) is 2.83. The molecule has 0 radical (unpaired) electrons. The van der Waals surface area contributed by atoms with Crippen molar-refractivity contribution in [3.05, 3.63) is 0 Å². The Morgan fingerprint density at radius 1 is 1.58 bits per heavy atom. The van der Waals surface area contributed by atoms with Crippen molar-refractivity contribution in [2.24, 2.45) is 11.5 Å². The van der Waals surface area contributed by atoms with Crippen LogP contribution in [0.2, 0.25) is 0 Å². The highest BCUT2D eigenvalue weighted by molar-refractivity contribution is 5.72. The van der Waals surface area contributed by atoms with E-state index < -0.39 is 12.0 Å².